The van der Waals surface area contributed by atoms with Crippen molar-refractivity contribution in [3.8, 4) is 5.75 Å². The van der Waals surface area contributed by atoms with Crippen molar-refractivity contribution in [3.63, 3.8) is 0 Å². The van der Waals surface area contributed by atoms with Gasteiger partial charge in [0.15, 0.2) is 0 Å². The third kappa shape index (κ3) is 3.48. The number of hydrogen-bond acceptors (Lipinski definition) is 3. The topological polar surface area (TPSA) is 41.6 Å². The van der Waals surface area contributed by atoms with Gasteiger partial charge in [0.25, 0.3) is 5.91 Å². The van der Waals surface area contributed by atoms with Crippen LogP contribution in [-0.2, 0) is 0 Å². The van der Waals surface area contributed by atoms with Gasteiger partial charge < -0.3 is 10.1 Å². The van der Waals surface area contributed by atoms with Gasteiger partial charge in [0.05, 0.1) is 12.7 Å². The zero-order chi connectivity index (χ0) is 18.1. The highest BCUT2D eigenvalue weighted by atomic mass is 16.5. The van der Waals surface area contributed by atoms with Crippen molar-refractivity contribution in [3.05, 3.63) is 29.3 Å². The van der Waals surface area contributed by atoms with Gasteiger partial charge in [0, 0.05) is 25.2 Å². The Bertz CT molecular complexity index is 638. The molecule has 0 radical (unpaired) electrons. The van der Waals surface area contributed by atoms with Gasteiger partial charge in [0.1, 0.15) is 5.75 Å². The lowest BCUT2D eigenvalue weighted by atomic mass is 9.68. The normalized spacial score (nSPS) is 31.6. The Morgan fingerprint density at radius 2 is 1.81 bits per heavy atom. The van der Waals surface area contributed by atoms with Crippen LogP contribution in [0.15, 0.2) is 18.2 Å². The summed E-state index contributed by atoms with van der Waals surface area (Å²) in [5.41, 5.74) is 1.75. The third-order valence-electron chi connectivity index (χ3n) is 6.84. The highest BCUT2D eigenvalue weighted by Gasteiger charge is 2.42. The number of benzene rings is 1. The average molecular weight is 357 g/mol. The number of ether oxygens (including phenoxy) is 1. The number of hydrogen-bond donors (Lipinski definition) is 1. The summed E-state index contributed by atoms with van der Waals surface area (Å²) in [5.74, 6) is 2.46. The highest BCUT2D eigenvalue weighted by molar-refractivity contribution is 5.97. The number of likely N-dealkylation sites (tertiary alicyclic amines) is 1. The Kier molecular flexibility index (Phi) is 5.21. The standard InChI is InChI=1S/C22H32N2O2/c1-15-9-10-19(20(13-15)26-2)22(25)23-18-11-12-24(14-18)21-16-5-3-6-17(21)8-4-7-16/h9-10,13,16-18,21H,3-8,11-12,14H2,1-2H3,(H,23,25). The van der Waals surface area contributed by atoms with Crippen LogP contribution in [0.1, 0.15) is 60.9 Å². The second kappa shape index (κ2) is 7.59. The van der Waals surface area contributed by atoms with Crippen LogP contribution in [0.3, 0.4) is 0 Å². The first kappa shape index (κ1) is 17.8. The Balaban J connectivity index is 1.39. The summed E-state index contributed by atoms with van der Waals surface area (Å²) in [6.45, 7) is 4.16. The van der Waals surface area contributed by atoms with Crippen molar-refractivity contribution in [2.45, 2.75) is 64.0 Å². The molecule has 0 aromatic heterocycles. The van der Waals surface area contributed by atoms with Gasteiger partial charge in [-0.3, -0.25) is 9.69 Å². The fourth-order valence-corrected chi connectivity index (χ4v) is 5.66. The lowest BCUT2D eigenvalue weighted by molar-refractivity contribution is 0.0346. The molecule has 1 unspecified atom stereocenters. The van der Waals surface area contributed by atoms with Gasteiger partial charge in [-0.2, -0.15) is 0 Å². The van der Waals surface area contributed by atoms with E-state index in [9.17, 15) is 4.79 Å². The largest absolute Gasteiger partial charge is 0.496 e. The van der Waals surface area contributed by atoms with Crippen molar-refractivity contribution in [2.75, 3.05) is 20.2 Å². The molecule has 1 atom stereocenters. The van der Waals surface area contributed by atoms with Crippen LogP contribution in [0, 0.1) is 18.8 Å². The average Bonchev–Trinajstić information content (AvgIpc) is 3.08. The van der Waals surface area contributed by atoms with E-state index in [0.29, 0.717) is 11.3 Å². The zero-order valence-corrected chi connectivity index (χ0v) is 16.2. The minimum Gasteiger partial charge on any atom is -0.496 e. The summed E-state index contributed by atoms with van der Waals surface area (Å²) in [4.78, 5) is 15.5. The van der Waals surface area contributed by atoms with Gasteiger partial charge >= 0.3 is 0 Å². The fraction of sp³-hybridized carbons (Fsp3) is 0.682. The molecule has 1 aliphatic heterocycles. The number of carbonyl (C=O) groups excluding carboxylic acids is 1. The van der Waals surface area contributed by atoms with E-state index in [-0.39, 0.29) is 11.9 Å². The monoisotopic (exact) mass is 356 g/mol. The van der Waals surface area contributed by atoms with E-state index in [1.165, 1.54) is 38.5 Å². The lowest BCUT2D eigenvalue weighted by Gasteiger charge is -2.47. The smallest absolute Gasteiger partial charge is 0.255 e. The van der Waals surface area contributed by atoms with Crippen LogP contribution >= 0.6 is 0 Å². The number of methoxy groups -OCH3 is 1. The van der Waals surface area contributed by atoms with E-state index < -0.39 is 0 Å². The molecule has 1 saturated heterocycles. The molecule has 26 heavy (non-hydrogen) atoms. The molecule has 142 valence electrons. The second-order valence-corrected chi connectivity index (χ2v) is 8.53. The molecular formula is C22H32N2O2. The van der Waals surface area contributed by atoms with Gasteiger partial charge in [-0.1, -0.05) is 18.9 Å². The molecule has 0 spiro atoms. The Morgan fingerprint density at radius 3 is 2.46 bits per heavy atom. The molecule has 1 N–H and O–H groups in total. The molecule has 4 nitrogen and oxygen atoms in total. The molecule has 2 saturated carbocycles. The fourth-order valence-electron chi connectivity index (χ4n) is 5.66. The molecule has 3 aliphatic rings. The van der Waals surface area contributed by atoms with Crippen molar-refractivity contribution in [1.29, 1.82) is 0 Å². The van der Waals surface area contributed by atoms with E-state index in [1.54, 1.807) is 7.11 Å². The summed E-state index contributed by atoms with van der Waals surface area (Å²) in [6.07, 6.45) is 9.56. The Hall–Kier alpha value is -1.55. The van der Waals surface area contributed by atoms with E-state index >= 15 is 0 Å². The van der Waals surface area contributed by atoms with Crippen LogP contribution in [0.25, 0.3) is 0 Å². The molecule has 1 aromatic rings. The summed E-state index contributed by atoms with van der Waals surface area (Å²) in [6, 6.07) is 6.81. The van der Waals surface area contributed by atoms with Crippen molar-refractivity contribution >= 4 is 5.91 Å². The predicted octanol–water partition coefficient (Wildman–Crippen LogP) is 3.78. The number of amides is 1. The first-order valence-electron chi connectivity index (χ1n) is 10.4. The summed E-state index contributed by atoms with van der Waals surface area (Å²) < 4.78 is 5.41. The van der Waals surface area contributed by atoms with Crippen LogP contribution in [0.2, 0.25) is 0 Å². The van der Waals surface area contributed by atoms with Crippen LogP contribution in [0.5, 0.6) is 5.75 Å². The molecule has 4 rings (SSSR count). The maximum absolute atomic E-state index is 12.8. The maximum Gasteiger partial charge on any atom is 0.255 e. The number of rotatable bonds is 4. The predicted molar refractivity (Wildman–Crippen MR) is 104 cm³/mol. The molecule has 1 aromatic carbocycles. The summed E-state index contributed by atoms with van der Waals surface area (Å²) in [7, 11) is 1.63. The number of carbonyl (C=O) groups is 1. The highest BCUT2D eigenvalue weighted by Crippen LogP contribution is 2.43. The number of nitrogens with one attached hydrogen (secondary N) is 1. The Labute approximate surface area is 157 Å². The van der Waals surface area contributed by atoms with Crippen molar-refractivity contribution in [2.24, 2.45) is 11.8 Å². The Morgan fingerprint density at radius 1 is 1.12 bits per heavy atom. The van der Waals surface area contributed by atoms with E-state index in [4.69, 9.17) is 4.74 Å². The molecule has 2 bridgehead atoms. The van der Waals surface area contributed by atoms with Crippen molar-refractivity contribution in [1.82, 2.24) is 10.2 Å². The van der Waals surface area contributed by atoms with Crippen LogP contribution in [0.4, 0.5) is 0 Å². The van der Waals surface area contributed by atoms with Gasteiger partial charge in [-0.25, -0.2) is 0 Å². The van der Waals surface area contributed by atoms with E-state index in [2.05, 4.69) is 10.2 Å². The van der Waals surface area contributed by atoms with Gasteiger partial charge in [-0.05, 0) is 68.6 Å². The summed E-state index contributed by atoms with van der Waals surface area (Å²) in [5, 5.41) is 3.26. The zero-order valence-electron chi connectivity index (χ0n) is 16.2. The number of fused-ring (bicyclic) bond motifs is 2. The summed E-state index contributed by atoms with van der Waals surface area (Å²) >= 11 is 0. The van der Waals surface area contributed by atoms with Gasteiger partial charge in [0.2, 0.25) is 0 Å². The van der Waals surface area contributed by atoms with Gasteiger partial charge in [-0.15, -0.1) is 0 Å². The van der Waals surface area contributed by atoms with Crippen LogP contribution in [-0.4, -0.2) is 43.1 Å². The van der Waals surface area contributed by atoms with E-state index in [1.807, 2.05) is 25.1 Å². The second-order valence-electron chi connectivity index (χ2n) is 8.53. The molecule has 1 heterocycles. The first-order chi connectivity index (χ1) is 12.7. The maximum atomic E-state index is 12.8. The number of aryl methyl sites for hydroxylation is 1. The van der Waals surface area contributed by atoms with E-state index in [0.717, 1.165) is 43.0 Å². The molecule has 4 heteroatoms. The first-order valence-corrected chi connectivity index (χ1v) is 10.4. The SMILES string of the molecule is COc1cc(C)ccc1C(=O)NC1CCN(C2C3CCCC2CCC3)C1. The minimum atomic E-state index is -0.00228. The molecular weight excluding hydrogens is 324 g/mol. The lowest BCUT2D eigenvalue weighted by Crippen LogP contribution is -2.50. The minimum absolute atomic E-state index is 0.00228. The quantitative estimate of drug-likeness (QED) is 0.893. The van der Waals surface area contributed by atoms with Crippen molar-refractivity contribution < 1.29 is 9.53 Å². The molecule has 3 fully saturated rings. The third-order valence-corrected chi connectivity index (χ3v) is 6.84. The number of nitrogens with zero attached hydrogens (tertiary/aromatic N) is 1. The molecule has 2 aliphatic carbocycles. The van der Waals surface area contributed by atoms with Crippen LogP contribution < -0.4 is 10.1 Å². The molecule has 1 amide bonds.